The molecule has 0 aliphatic heterocycles. The molecule has 3 nitrogen and oxygen atoms in total. The van der Waals surface area contributed by atoms with E-state index in [-0.39, 0.29) is 17.3 Å². The van der Waals surface area contributed by atoms with Gasteiger partial charge in [-0.15, -0.1) is 6.58 Å². The molecule has 0 saturated heterocycles. The molecule has 0 saturated carbocycles. The Morgan fingerprint density at radius 2 is 2.33 bits per heavy atom. The third-order valence-corrected chi connectivity index (χ3v) is 2.01. The van der Waals surface area contributed by atoms with Crippen LogP contribution in [0.2, 0.25) is 0 Å². The van der Waals surface area contributed by atoms with Gasteiger partial charge in [0.1, 0.15) is 5.82 Å². The van der Waals surface area contributed by atoms with Crippen molar-refractivity contribution in [3.63, 3.8) is 0 Å². The van der Waals surface area contributed by atoms with E-state index in [9.17, 15) is 9.18 Å². The maximum absolute atomic E-state index is 13.0. The van der Waals surface area contributed by atoms with Gasteiger partial charge < -0.3 is 11.1 Å². The average molecular weight is 208 g/mol. The molecule has 1 aromatic rings. The van der Waals surface area contributed by atoms with Gasteiger partial charge in [-0.25, -0.2) is 4.39 Å². The number of hydrogen-bond donors (Lipinski definition) is 2. The second-order valence-electron chi connectivity index (χ2n) is 3.20. The van der Waals surface area contributed by atoms with Gasteiger partial charge in [0.05, 0.1) is 11.3 Å². The van der Waals surface area contributed by atoms with Crippen LogP contribution in [0.25, 0.3) is 0 Å². The van der Waals surface area contributed by atoms with Crippen molar-refractivity contribution in [2.75, 3.05) is 5.73 Å². The first-order valence-corrected chi connectivity index (χ1v) is 4.53. The predicted octanol–water partition coefficient (Wildman–Crippen LogP) is 1.71. The molecule has 1 rings (SSSR count). The Morgan fingerprint density at radius 3 is 2.93 bits per heavy atom. The number of nitrogens with one attached hydrogen (secondary N) is 1. The van der Waals surface area contributed by atoms with Crippen molar-refractivity contribution in [1.29, 1.82) is 0 Å². The molecule has 1 unspecified atom stereocenters. The zero-order valence-corrected chi connectivity index (χ0v) is 8.46. The number of benzene rings is 1. The number of carbonyl (C=O) groups excluding carboxylic acids is 1. The van der Waals surface area contributed by atoms with Crippen LogP contribution in [0.15, 0.2) is 30.9 Å². The van der Waals surface area contributed by atoms with E-state index in [0.717, 1.165) is 0 Å². The first-order chi connectivity index (χ1) is 7.06. The van der Waals surface area contributed by atoms with Crippen molar-refractivity contribution < 1.29 is 9.18 Å². The molecular weight excluding hydrogens is 195 g/mol. The second kappa shape index (κ2) is 4.59. The van der Waals surface area contributed by atoms with Crippen LogP contribution in [-0.2, 0) is 0 Å². The molecule has 0 aliphatic rings. The summed E-state index contributed by atoms with van der Waals surface area (Å²) < 4.78 is 13.0. The number of amides is 1. The second-order valence-corrected chi connectivity index (χ2v) is 3.20. The Balaban J connectivity index is 2.91. The Kier molecular flexibility index (Phi) is 3.44. The standard InChI is InChI=1S/C11H13FN2O/c1-3-7(2)14-11(15)8-5-4-6-9(12)10(8)13/h3-7H,1,13H2,2H3,(H,14,15). The number of anilines is 1. The Hall–Kier alpha value is -1.84. The first kappa shape index (κ1) is 11.2. The maximum Gasteiger partial charge on any atom is 0.253 e. The van der Waals surface area contributed by atoms with Gasteiger partial charge >= 0.3 is 0 Å². The number of nitrogens with two attached hydrogens (primary N) is 1. The van der Waals surface area contributed by atoms with Crippen LogP contribution in [0.5, 0.6) is 0 Å². The summed E-state index contributed by atoms with van der Waals surface area (Å²) in [4.78, 5) is 11.6. The molecule has 4 heteroatoms. The van der Waals surface area contributed by atoms with Crippen molar-refractivity contribution in [2.24, 2.45) is 0 Å². The molecule has 0 aliphatic carbocycles. The van der Waals surface area contributed by atoms with Gasteiger partial charge in [-0.1, -0.05) is 12.1 Å². The van der Waals surface area contributed by atoms with E-state index in [1.807, 2.05) is 0 Å². The van der Waals surface area contributed by atoms with Crippen LogP contribution in [0.4, 0.5) is 10.1 Å². The molecule has 0 heterocycles. The summed E-state index contributed by atoms with van der Waals surface area (Å²) >= 11 is 0. The summed E-state index contributed by atoms with van der Waals surface area (Å²) in [6.45, 7) is 5.29. The highest BCUT2D eigenvalue weighted by atomic mass is 19.1. The van der Waals surface area contributed by atoms with Gasteiger partial charge in [0.15, 0.2) is 0 Å². The average Bonchev–Trinajstić information content (AvgIpc) is 2.21. The van der Waals surface area contributed by atoms with Crippen molar-refractivity contribution >= 4 is 11.6 Å². The topological polar surface area (TPSA) is 55.1 Å². The molecule has 15 heavy (non-hydrogen) atoms. The fourth-order valence-corrected chi connectivity index (χ4v) is 1.08. The van der Waals surface area contributed by atoms with Gasteiger partial charge in [0.25, 0.3) is 5.91 Å². The van der Waals surface area contributed by atoms with E-state index in [0.29, 0.717) is 0 Å². The smallest absolute Gasteiger partial charge is 0.253 e. The van der Waals surface area contributed by atoms with Gasteiger partial charge in [-0.2, -0.15) is 0 Å². The fourth-order valence-electron chi connectivity index (χ4n) is 1.08. The largest absolute Gasteiger partial charge is 0.396 e. The molecule has 0 fully saturated rings. The normalized spacial score (nSPS) is 11.9. The van der Waals surface area contributed by atoms with Crippen LogP contribution >= 0.6 is 0 Å². The minimum absolute atomic E-state index is 0.133. The molecule has 1 atom stereocenters. The van der Waals surface area contributed by atoms with Crippen LogP contribution in [0, 0.1) is 5.82 Å². The number of para-hydroxylation sites is 1. The Labute approximate surface area is 87.8 Å². The summed E-state index contributed by atoms with van der Waals surface area (Å²) in [5, 5.41) is 2.61. The molecule has 0 aromatic heterocycles. The number of halogens is 1. The first-order valence-electron chi connectivity index (χ1n) is 4.53. The molecule has 0 radical (unpaired) electrons. The van der Waals surface area contributed by atoms with Crippen LogP contribution in [0.1, 0.15) is 17.3 Å². The zero-order valence-electron chi connectivity index (χ0n) is 8.46. The highest BCUT2D eigenvalue weighted by Crippen LogP contribution is 2.15. The summed E-state index contributed by atoms with van der Waals surface area (Å²) in [5.74, 6) is -0.992. The van der Waals surface area contributed by atoms with E-state index < -0.39 is 11.7 Å². The van der Waals surface area contributed by atoms with Crippen LogP contribution in [-0.4, -0.2) is 11.9 Å². The predicted molar refractivity (Wildman–Crippen MR) is 57.9 cm³/mol. The van der Waals surface area contributed by atoms with E-state index >= 15 is 0 Å². The molecule has 1 aromatic carbocycles. The highest BCUT2D eigenvalue weighted by Gasteiger charge is 2.13. The SMILES string of the molecule is C=CC(C)NC(=O)c1cccc(F)c1N. The quantitative estimate of drug-likeness (QED) is 0.587. The van der Waals surface area contributed by atoms with Crippen LogP contribution in [0.3, 0.4) is 0 Å². The fraction of sp³-hybridized carbons (Fsp3) is 0.182. The van der Waals surface area contributed by atoms with Gasteiger partial charge in [-0.3, -0.25) is 4.79 Å². The van der Waals surface area contributed by atoms with Gasteiger partial charge in [0.2, 0.25) is 0 Å². The maximum atomic E-state index is 13.0. The molecule has 0 bridgehead atoms. The Bertz CT molecular complexity index is 390. The molecule has 80 valence electrons. The van der Waals surface area contributed by atoms with Crippen molar-refractivity contribution in [3.05, 3.63) is 42.2 Å². The summed E-state index contributed by atoms with van der Waals surface area (Å²) in [5.41, 5.74) is 5.45. The van der Waals surface area contributed by atoms with E-state index in [4.69, 9.17) is 5.73 Å². The third kappa shape index (κ3) is 2.56. The number of carbonyl (C=O) groups is 1. The van der Waals surface area contributed by atoms with Gasteiger partial charge in [0, 0.05) is 6.04 Å². The van der Waals surface area contributed by atoms with E-state index in [1.165, 1.54) is 18.2 Å². The molecule has 0 spiro atoms. The third-order valence-electron chi connectivity index (χ3n) is 2.01. The minimum Gasteiger partial charge on any atom is -0.396 e. The van der Waals surface area contributed by atoms with E-state index in [2.05, 4.69) is 11.9 Å². The minimum atomic E-state index is -0.589. The lowest BCUT2D eigenvalue weighted by molar-refractivity contribution is 0.0947. The van der Waals surface area contributed by atoms with Gasteiger partial charge in [-0.05, 0) is 19.1 Å². The van der Waals surface area contributed by atoms with Crippen LogP contribution < -0.4 is 11.1 Å². The van der Waals surface area contributed by atoms with Crippen molar-refractivity contribution in [3.8, 4) is 0 Å². The van der Waals surface area contributed by atoms with Crippen molar-refractivity contribution in [1.82, 2.24) is 5.32 Å². The number of nitrogen functional groups attached to an aromatic ring is 1. The molecule has 3 N–H and O–H groups in total. The summed E-state index contributed by atoms with van der Waals surface area (Å²) in [7, 11) is 0. The summed E-state index contributed by atoms with van der Waals surface area (Å²) in [6.07, 6.45) is 1.58. The lowest BCUT2D eigenvalue weighted by atomic mass is 10.1. The highest BCUT2D eigenvalue weighted by molar-refractivity contribution is 5.99. The van der Waals surface area contributed by atoms with Crippen molar-refractivity contribution in [2.45, 2.75) is 13.0 Å². The number of hydrogen-bond acceptors (Lipinski definition) is 2. The monoisotopic (exact) mass is 208 g/mol. The molecular formula is C11H13FN2O. The zero-order chi connectivity index (χ0) is 11.4. The molecule has 1 amide bonds. The lowest BCUT2D eigenvalue weighted by Gasteiger charge is -2.10. The summed E-state index contributed by atoms with van der Waals surface area (Å²) in [6, 6.07) is 3.95. The Morgan fingerprint density at radius 1 is 1.67 bits per heavy atom. The van der Waals surface area contributed by atoms with E-state index in [1.54, 1.807) is 13.0 Å². The lowest BCUT2D eigenvalue weighted by Crippen LogP contribution is -2.31. The number of rotatable bonds is 3.